The summed E-state index contributed by atoms with van der Waals surface area (Å²) in [6, 6.07) is 13.2. The first-order chi connectivity index (χ1) is 15.9. The Labute approximate surface area is 195 Å². The van der Waals surface area contributed by atoms with Crippen LogP contribution in [-0.2, 0) is 13.5 Å². The fourth-order valence-electron chi connectivity index (χ4n) is 3.50. The maximum absolute atomic E-state index is 13.2. The molecule has 0 unspecified atom stereocenters. The number of hydrogen-bond acceptors (Lipinski definition) is 6. The van der Waals surface area contributed by atoms with Crippen molar-refractivity contribution >= 4 is 34.4 Å². The molecule has 7 nitrogen and oxygen atoms in total. The third-order valence-electron chi connectivity index (χ3n) is 5.05. The highest BCUT2D eigenvalue weighted by molar-refractivity contribution is 7.19. The topological polar surface area (TPSA) is 78.0 Å². The van der Waals surface area contributed by atoms with Gasteiger partial charge in [0.05, 0.1) is 11.8 Å². The molecule has 0 saturated carbocycles. The molecule has 0 atom stereocenters. The van der Waals surface area contributed by atoms with Gasteiger partial charge in [0, 0.05) is 25.2 Å². The number of hydrogen-bond donors (Lipinski definition) is 0. The maximum Gasteiger partial charge on any atom is 0.282 e. The van der Waals surface area contributed by atoms with Gasteiger partial charge in [0.1, 0.15) is 20.7 Å². The first-order valence-electron chi connectivity index (χ1n) is 9.81. The number of fused-ring (bicyclic) bond motifs is 1. The summed E-state index contributed by atoms with van der Waals surface area (Å²) in [5.41, 5.74) is 2.38. The highest BCUT2D eigenvalue weighted by atomic mass is 35.5. The molecule has 0 amide bonds. The number of aromatic nitrogens is 6. The average Bonchev–Trinajstić information content (AvgIpc) is 3.50. The zero-order chi connectivity index (χ0) is 23.1. The van der Waals surface area contributed by atoms with E-state index in [1.165, 1.54) is 10.9 Å². The van der Waals surface area contributed by atoms with Crippen LogP contribution in [0.4, 0.5) is 8.78 Å². The molecule has 0 aliphatic carbocycles. The van der Waals surface area contributed by atoms with E-state index in [4.69, 9.17) is 11.6 Å². The van der Waals surface area contributed by atoms with Gasteiger partial charge in [-0.25, -0.2) is 23.3 Å². The number of carbonyl (C=O) groups excluding carboxylic acids is 1. The van der Waals surface area contributed by atoms with Crippen LogP contribution in [0.3, 0.4) is 0 Å². The molecule has 0 saturated heterocycles. The van der Waals surface area contributed by atoms with Gasteiger partial charge in [0.25, 0.3) is 6.43 Å². The van der Waals surface area contributed by atoms with Crippen LogP contribution >= 0.6 is 22.9 Å². The number of ketones is 1. The number of benzene rings is 1. The summed E-state index contributed by atoms with van der Waals surface area (Å²) in [7, 11) is 1.62. The molecule has 0 aliphatic heterocycles. The van der Waals surface area contributed by atoms with Crippen LogP contribution in [0.15, 0.2) is 54.9 Å². The number of halogens is 3. The molecular formula is C22H15ClF2N6OS. The summed E-state index contributed by atoms with van der Waals surface area (Å²) in [6.45, 7) is 0. The van der Waals surface area contributed by atoms with Crippen LogP contribution in [0.1, 0.15) is 28.2 Å². The van der Waals surface area contributed by atoms with Gasteiger partial charge < -0.3 is 0 Å². The third-order valence-corrected chi connectivity index (χ3v) is 6.37. The Bertz CT molecular complexity index is 1480. The van der Waals surface area contributed by atoms with Gasteiger partial charge in [-0.15, -0.1) is 16.4 Å². The smallest absolute Gasteiger partial charge is 0.282 e. The number of carbonyl (C=O) groups is 1. The van der Waals surface area contributed by atoms with Crippen LogP contribution in [-0.4, -0.2) is 35.1 Å². The highest BCUT2D eigenvalue weighted by Crippen LogP contribution is 2.37. The van der Waals surface area contributed by atoms with Crippen molar-refractivity contribution < 1.29 is 13.6 Å². The van der Waals surface area contributed by atoms with Crippen LogP contribution in [0.25, 0.3) is 27.6 Å². The predicted octanol–water partition coefficient (Wildman–Crippen LogP) is 5.27. The Morgan fingerprint density at radius 1 is 1.18 bits per heavy atom. The lowest BCUT2D eigenvalue weighted by Gasteiger charge is -2.05. The number of rotatable bonds is 6. The van der Waals surface area contributed by atoms with Crippen LogP contribution in [0, 0.1) is 0 Å². The van der Waals surface area contributed by atoms with Crippen LogP contribution in [0.5, 0.6) is 0 Å². The minimum atomic E-state index is -2.80. The van der Waals surface area contributed by atoms with Crippen molar-refractivity contribution in [3.8, 4) is 22.0 Å². The van der Waals surface area contributed by atoms with Gasteiger partial charge in [0.2, 0.25) is 0 Å². The molecule has 166 valence electrons. The molecule has 0 aliphatic rings. The Kier molecular flexibility index (Phi) is 5.47. The minimum absolute atomic E-state index is 0.0668. The molecule has 4 aromatic heterocycles. The molecule has 0 bridgehead atoms. The largest absolute Gasteiger partial charge is 0.292 e. The Balaban J connectivity index is 1.44. The van der Waals surface area contributed by atoms with Gasteiger partial charge in [-0.05, 0) is 17.7 Å². The standard InChI is InChI=1S/C22H15ClF2N6OS/c1-30-18(14(11-26-30)22-28-17(20(24)25)19(23)33-22)15(32)9-12-7-8-31-16(10-12)27-21(29-31)13-5-3-2-4-6-13/h2-8,10-11,20H,9H2,1H3. The molecule has 0 radical (unpaired) electrons. The van der Waals surface area contributed by atoms with Gasteiger partial charge in [0.15, 0.2) is 17.3 Å². The van der Waals surface area contributed by atoms with Crippen molar-refractivity contribution in [1.29, 1.82) is 0 Å². The molecule has 0 fully saturated rings. The van der Waals surface area contributed by atoms with E-state index in [0.717, 1.165) is 22.5 Å². The zero-order valence-corrected chi connectivity index (χ0v) is 18.7. The van der Waals surface area contributed by atoms with E-state index in [0.29, 0.717) is 17.0 Å². The number of pyridine rings is 1. The van der Waals surface area contributed by atoms with E-state index < -0.39 is 12.1 Å². The number of Topliss-reactive ketones (excluding diaryl/α,β-unsaturated/α-hetero) is 1. The van der Waals surface area contributed by atoms with Crippen molar-refractivity contribution in [3.63, 3.8) is 0 Å². The first-order valence-corrected chi connectivity index (χ1v) is 11.0. The second kappa shape index (κ2) is 8.45. The number of thiazole rings is 1. The molecule has 1 aromatic carbocycles. The monoisotopic (exact) mass is 484 g/mol. The Morgan fingerprint density at radius 3 is 2.70 bits per heavy atom. The average molecular weight is 485 g/mol. The van der Waals surface area contributed by atoms with Crippen molar-refractivity contribution in [2.45, 2.75) is 12.8 Å². The Morgan fingerprint density at radius 2 is 1.97 bits per heavy atom. The van der Waals surface area contributed by atoms with E-state index in [1.807, 2.05) is 30.3 Å². The molecular weight excluding hydrogens is 470 g/mol. The van der Waals surface area contributed by atoms with E-state index >= 15 is 0 Å². The molecule has 5 rings (SSSR count). The molecule has 0 spiro atoms. The molecule has 5 aromatic rings. The summed E-state index contributed by atoms with van der Waals surface area (Å²) in [5.74, 6) is 0.352. The summed E-state index contributed by atoms with van der Waals surface area (Å²) < 4.78 is 29.2. The second-order valence-corrected chi connectivity index (χ2v) is 8.85. The van der Waals surface area contributed by atoms with Crippen LogP contribution < -0.4 is 0 Å². The van der Waals surface area contributed by atoms with E-state index in [-0.39, 0.29) is 27.2 Å². The van der Waals surface area contributed by atoms with Gasteiger partial charge in [-0.3, -0.25) is 9.48 Å². The number of nitrogens with zero attached hydrogens (tertiary/aromatic N) is 6. The Hall–Kier alpha value is -3.50. The molecule has 0 N–H and O–H groups in total. The second-order valence-electron chi connectivity index (χ2n) is 7.25. The van der Waals surface area contributed by atoms with Crippen molar-refractivity contribution in [2.75, 3.05) is 0 Å². The summed E-state index contributed by atoms with van der Waals surface area (Å²) >= 11 is 6.81. The third kappa shape index (κ3) is 4.03. The predicted molar refractivity (Wildman–Crippen MR) is 121 cm³/mol. The van der Waals surface area contributed by atoms with Gasteiger partial charge in [-0.2, -0.15) is 5.10 Å². The quantitative estimate of drug-likeness (QED) is 0.307. The highest BCUT2D eigenvalue weighted by Gasteiger charge is 2.25. The molecule has 11 heteroatoms. The van der Waals surface area contributed by atoms with E-state index in [1.54, 1.807) is 29.9 Å². The van der Waals surface area contributed by atoms with Gasteiger partial charge in [-0.1, -0.05) is 41.9 Å². The minimum Gasteiger partial charge on any atom is -0.292 e. The van der Waals surface area contributed by atoms with Crippen LogP contribution in [0.2, 0.25) is 4.34 Å². The van der Waals surface area contributed by atoms with Crippen molar-refractivity contribution in [2.24, 2.45) is 7.05 Å². The summed E-state index contributed by atoms with van der Waals surface area (Å²) in [5, 5.41) is 8.83. The lowest BCUT2D eigenvalue weighted by molar-refractivity contribution is 0.0984. The molecule has 4 heterocycles. The molecule has 33 heavy (non-hydrogen) atoms. The number of alkyl halides is 2. The maximum atomic E-state index is 13.2. The zero-order valence-electron chi connectivity index (χ0n) is 17.1. The van der Waals surface area contributed by atoms with Crippen molar-refractivity contribution in [1.82, 2.24) is 29.4 Å². The normalized spacial score (nSPS) is 11.5. The first kappa shape index (κ1) is 21.4. The van der Waals surface area contributed by atoms with Crippen molar-refractivity contribution in [3.05, 3.63) is 76.1 Å². The SMILES string of the molecule is Cn1ncc(-c2nc(C(F)F)c(Cl)s2)c1C(=O)Cc1ccn2nc(-c3ccccc3)nc2c1. The lowest BCUT2D eigenvalue weighted by Crippen LogP contribution is -2.11. The summed E-state index contributed by atoms with van der Waals surface area (Å²) in [4.78, 5) is 21.6. The number of aryl methyl sites for hydroxylation is 1. The van der Waals surface area contributed by atoms with E-state index in [9.17, 15) is 13.6 Å². The fourth-order valence-corrected chi connectivity index (χ4v) is 4.66. The summed E-state index contributed by atoms with van der Waals surface area (Å²) in [6.07, 6.45) is 0.453. The lowest BCUT2D eigenvalue weighted by atomic mass is 10.1. The van der Waals surface area contributed by atoms with Gasteiger partial charge >= 0.3 is 0 Å². The fraction of sp³-hybridized carbons (Fsp3) is 0.136. The van der Waals surface area contributed by atoms with E-state index in [2.05, 4.69) is 20.2 Å².